The van der Waals surface area contributed by atoms with Gasteiger partial charge in [-0.25, -0.2) is 8.42 Å². The van der Waals surface area contributed by atoms with Crippen LogP contribution in [0.4, 0.5) is 5.69 Å². The van der Waals surface area contributed by atoms with E-state index in [9.17, 15) is 13.2 Å². The van der Waals surface area contributed by atoms with Crippen LogP contribution in [0.2, 0.25) is 0 Å². The van der Waals surface area contributed by atoms with Crippen molar-refractivity contribution in [2.45, 2.75) is 17.9 Å². The van der Waals surface area contributed by atoms with Gasteiger partial charge in [0.1, 0.15) is 0 Å². The molecule has 2 N–H and O–H groups in total. The molecule has 2 aromatic rings. The van der Waals surface area contributed by atoms with E-state index in [-0.39, 0.29) is 23.4 Å². The van der Waals surface area contributed by atoms with Gasteiger partial charge in [-0.05, 0) is 36.8 Å². The molecule has 0 aliphatic carbocycles. The van der Waals surface area contributed by atoms with Crippen LogP contribution in [0, 0.1) is 0 Å². The number of ether oxygens (including phenoxy) is 1. The zero-order chi connectivity index (χ0) is 20.0. The highest BCUT2D eigenvalue weighted by atomic mass is 32.2. The molecule has 0 aromatic heterocycles. The number of hydrogen-bond donors (Lipinski definition) is 2. The number of sulfonamides is 1. The summed E-state index contributed by atoms with van der Waals surface area (Å²) in [7, 11) is -3.51. The molecule has 7 nitrogen and oxygen atoms in total. The molecule has 1 amide bonds. The number of nitrogens with zero attached hydrogens (tertiary/aromatic N) is 1. The van der Waals surface area contributed by atoms with E-state index in [0.717, 1.165) is 5.56 Å². The Bertz CT molecular complexity index is 879. The first-order valence-electron chi connectivity index (χ1n) is 9.23. The van der Waals surface area contributed by atoms with Crippen LogP contribution in [-0.2, 0) is 19.6 Å². The van der Waals surface area contributed by atoms with Crippen LogP contribution in [0.5, 0.6) is 0 Å². The summed E-state index contributed by atoms with van der Waals surface area (Å²) in [5.74, 6) is -0.138. The lowest BCUT2D eigenvalue weighted by atomic mass is 10.1. The molecular formula is C20H25N3O4S. The van der Waals surface area contributed by atoms with Crippen LogP contribution >= 0.6 is 0 Å². The lowest BCUT2D eigenvalue weighted by molar-refractivity contribution is -0.120. The molecular weight excluding hydrogens is 378 g/mol. The van der Waals surface area contributed by atoms with Gasteiger partial charge in [0.15, 0.2) is 0 Å². The van der Waals surface area contributed by atoms with E-state index in [1.165, 1.54) is 4.31 Å². The molecule has 1 atom stereocenters. The monoisotopic (exact) mass is 403 g/mol. The van der Waals surface area contributed by atoms with Gasteiger partial charge in [0.2, 0.25) is 15.9 Å². The molecule has 1 fully saturated rings. The Labute approximate surface area is 165 Å². The number of hydrogen-bond acceptors (Lipinski definition) is 5. The minimum absolute atomic E-state index is 0.0865. The fourth-order valence-corrected chi connectivity index (χ4v) is 4.39. The third kappa shape index (κ3) is 5.09. The largest absolute Gasteiger partial charge is 0.379 e. The maximum Gasteiger partial charge on any atom is 0.243 e. The lowest BCUT2D eigenvalue weighted by Gasteiger charge is -2.26. The minimum Gasteiger partial charge on any atom is -0.379 e. The van der Waals surface area contributed by atoms with Crippen molar-refractivity contribution in [3.63, 3.8) is 0 Å². The molecule has 0 radical (unpaired) electrons. The van der Waals surface area contributed by atoms with E-state index in [4.69, 9.17) is 4.74 Å². The SMILES string of the molecule is C[C@@H](NC(=O)CNc1ccc(S(=O)(=O)N2CCOCC2)cc1)c1ccccc1. The fraction of sp³-hybridized carbons (Fsp3) is 0.350. The Morgan fingerprint density at radius 2 is 1.71 bits per heavy atom. The van der Waals surface area contributed by atoms with Gasteiger partial charge in [0, 0.05) is 18.8 Å². The van der Waals surface area contributed by atoms with Crippen molar-refractivity contribution < 1.29 is 17.9 Å². The quantitative estimate of drug-likeness (QED) is 0.738. The van der Waals surface area contributed by atoms with Gasteiger partial charge in [0.05, 0.1) is 30.7 Å². The summed E-state index contributed by atoms with van der Waals surface area (Å²) < 4.78 is 31.8. The molecule has 1 heterocycles. The molecule has 0 spiro atoms. The molecule has 150 valence electrons. The number of anilines is 1. The third-order valence-electron chi connectivity index (χ3n) is 4.59. The summed E-state index contributed by atoms with van der Waals surface area (Å²) in [4.78, 5) is 12.4. The Balaban J connectivity index is 1.53. The van der Waals surface area contributed by atoms with Crippen LogP contribution in [0.25, 0.3) is 0 Å². The highest BCUT2D eigenvalue weighted by Crippen LogP contribution is 2.19. The van der Waals surface area contributed by atoms with Crippen LogP contribution in [-0.4, -0.2) is 51.5 Å². The first kappa shape index (κ1) is 20.3. The molecule has 1 aliphatic rings. The average Bonchev–Trinajstić information content (AvgIpc) is 2.74. The van der Waals surface area contributed by atoms with E-state index in [2.05, 4.69) is 10.6 Å². The van der Waals surface area contributed by atoms with Gasteiger partial charge >= 0.3 is 0 Å². The van der Waals surface area contributed by atoms with Gasteiger partial charge in [-0.15, -0.1) is 0 Å². The predicted octanol–water partition coefficient (Wildman–Crippen LogP) is 2.00. The van der Waals surface area contributed by atoms with Gasteiger partial charge in [-0.3, -0.25) is 4.79 Å². The molecule has 1 aliphatic heterocycles. The Kier molecular flexibility index (Phi) is 6.66. The second-order valence-electron chi connectivity index (χ2n) is 6.59. The number of carbonyl (C=O) groups excluding carboxylic acids is 1. The van der Waals surface area contributed by atoms with Crippen molar-refractivity contribution in [3.8, 4) is 0 Å². The van der Waals surface area contributed by atoms with Gasteiger partial charge in [-0.1, -0.05) is 30.3 Å². The van der Waals surface area contributed by atoms with Crippen LogP contribution in [0.1, 0.15) is 18.5 Å². The normalized spacial score (nSPS) is 16.3. The van der Waals surface area contributed by atoms with Crippen molar-refractivity contribution in [2.75, 3.05) is 38.2 Å². The zero-order valence-electron chi connectivity index (χ0n) is 15.8. The van der Waals surface area contributed by atoms with Crippen LogP contribution in [0.3, 0.4) is 0 Å². The van der Waals surface area contributed by atoms with E-state index >= 15 is 0 Å². The zero-order valence-corrected chi connectivity index (χ0v) is 16.6. The molecule has 0 bridgehead atoms. The first-order chi connectivity index (χ1) is 13.5. The molecule has 0 unspecified atom stereocenters. The van der Waals surface area contributed by atoms with Crippen molar-refractivity contribution in [3.05, 3.63) is 60.2 Å². The number of amides is 1. The third-order valence-corrected chi connectivity index (χ3v) is 6.51. The maximum atomic E-state index is 12.6. The minimum atomic E-state index is -3.51. The van der Waals surface area contributed by atoms with Crippen LogP contribution < -0.4 is 10.6 Å². The van der Waals surface area contributed by atoms with Crippen molar-refractivity contribution in [1.82, 2.24) is 9.62 Å². The van der Waals surface area contributed by atoms with E-state index in [1.54, 1.807) is 24.3 Å². The molecule has 2 aromatic carbocycles. The predicted molar refractivity (Wildman–Crippen MR) is 108 cm³/mol. The smallest absolute Gasteiger partial charge is 0.243 e. The number of carbonyl (C=O) groups is 1. The second-order valence-corrected chi connectivity index (χ2v) is 8.53. The standard InChI is InChI=1S/C20H25N3O4S/c1-16(17-5-3-2-4-6-17)22-20(24)15-21-18-7-9-19(10-8-18)28(25,26)23-11-13-27-14-12-23/h2-10,16,21H,11-15H2,1H3,(H,22,24)/t16-/m1/s1. The van der Waals surface area contributed by atoms with Crippen molar-refractivity contribution in [1.29, 1.82) is 0 Å². The number of benzene rings is 2. The molecule has 8 heteroatoms. The number of morpholine rings is 1. The summed E-state index contributed by atoms with van der Waals surface area (Å²) in [6, 6.07) is 16.1. The number of rotatable bonds is 7. The molecule has 0 saturated carbocycles. The van der Waals surface area contributed by atoms with Gasteiger partial charge in [-0.2, -0.15) is 4.31 Å². The molecule has 3 rings (SSSR count). The highest BCUT2D eigenvalue weighted by Gasteiger charge is 2.26. The van der Waals surface area contributed by atoms with Crippen molar-refractivity contribution in [2.24, 2.45) is 0 Å². The average molecular weight is 404 g/mol. The van der Waals surface area contributed by atoms with Gasteiger partial charge in [0.25, 0.3) is 0 Å². The lowest BCUT2D eigenvalue weighted by Crippen LogP contribution is -2.40. The summed E-state index contributed by atoms with van der Waals surface area (Å²) in [6.45, 7) is 3.58. The van der Waals surface area contributed by atoms with Crippen molar-refractivity contribution >= 4 is 21.6 Å². The summed E-state index contributed by atoms with van der Waals surface area (Å²) in [6.07, 6.45) is 0. The van der Waals surface area contributed by atoms with E-state index < -0.39 is 10.0 Å². The summed E-state index contributed by atoms with van der Waals surface area (Å²) >= 11 is 0. The first-order valence-corrected chi connectivity index (χ1v) is 10.7. The Morgan fingerprint density at radius 3 is 2.36 bits per heavy atom. The van der Waals surface area contributed by atoms with Crippen LogP contribution in [0.15, 0.2) is 59.5 Å². The summed E-state index contributed by atoms with van der Waals surface area (Å²) in [5, 5.41) is 5.95. The Morgan fingerprint density at radius 1 is 1.07 bits per heavy atom. The molecule has 28 heavy (non-hydrogen) atoms. The van der Waals surface area contributed by atoms with Gasteiger partial charge < -0.3 is 15.4 Å². The fourth-order valence-electron chi connectivity index (χ4n) is 2.98. The van der Waals surface area contributed by atoms with E-state index in [0.29, 0.717) is 32.0 Å². The highest BCUT2D eigenvalue weighted by molar-refractivity contribution is 7.89. The second kappa shape index (κ2) is 9.18. The topological polar surface area (TPSA) is 87.7 Å². The van der Waals surface area contributed by atoms with E-state index in [1.807, 2.05) is 37.3 Å². The molecule has 1 saturated heterocycles. The Hall–Kier alpha value is -2.42. The maximum absolute atomic E-state index is 12.6. The summed E-state index contributed by atoms with van der Waals surface area (Å²) in [5.41, 5.74) is 1.72. The number of nitrogens with one attached hydrogen (secondary N) is 2.